The molecule has 0 heterocycles. The summed E-state index contributed by atoms with van der Waals surface area (Å²) in [5.74, 6) is -1.16. The molecule has 0 atom stereocenters. The van der Waals surface area contributed by atoms with Crippen LogP contribution in [-0.4, -0.2) is 26.2 Å². The quantitative estimate of drug-likeness (QED) is 0.590. The molecule has 4 heteroatoms. The van der Waals surface area contributed by atoms with Gasteiger partial charge >= 0.3 is 11.9 Å². The number of carbonyl (C=O) groups is 2. The number of methoxy groups -OCH3 is 2. The van der Waals surface area contributed by atoms with Crippen molar-refractivity contribution in [2.24, 2.45) is 0 Å². The van der Waals surface area contributed by atoms with E-state index < -0.39 is 11.9 Å². The summed E-state index contributed by atoms with van der Waals surface area (Å²) < 4.78 is 9.14. The Hall–Kier alpha value is -2.10. The van der Waals surface area contributed by atoms with Gasteiger partial charge in [0.15, 0.2) is 0 Å². The summed E-state index contributed by atoms with van der Waals surface area (Å²) in [6.45, 7) is 1.90. The highest BCUT2D eigenvalue weighted by Gasteiger charge is 2.14. The van der Waals surface area contributed by atoms with Crippen LogP contribution in [0.1, 0.15) is 11.1 Å². The van der Waals surface area contributed by atoms with Crippen molar-refractivity contribution in [1.82, 2.24) is 0 Å². The molecule has 0 bridgehead atoms. The minimum absolute atomic E-state index is 0.183. The van der Waals surface area contributed by atoms with Crippen molar-refractivity contribution < 1.29 is 19.1 Å². The smallest absolute Gasteiger partial charge is 0.338 e. The maximum absolute atomic E-state index is 11.6. The van der Waals surface area contributed by atoms with Crippen LogP contribution < -0.4 is 0 Å². The van der Waals surface area contributed by atoms with E-state index in [1.165, 1.54) is 14.2 Å². The van der Waals surface area contributed by atoms with Gasteiger partial charge in [-0.2, -0.15) is 0 Å². The second-order valence-corrected chi connectivity index (χ2v) is 3.44. The Morgan fingerprint density at radius 1 is 1.18 bits per heavy atom. The summed E-state index contributed by atoms with van der Waals surface area (Å²) in [4.78, 5) is 22.8. The lowest BCUT2D eigenvalue weighted by Gasteiger charge is -2.06. The number of carbonyl (C=O) groups excluding carboxylic acids is 2. The van der Waals surface area contributed by atoms with E-state index in [0.717, 1.165) is 11.6 Å². The molecule has 0 saturated carbocycles. The highest BCUT2D eigenvalue weighted by molar-refractivity contribution is 6.20. The van der Waals surface area contributed by atoms with Crippen LogP contribution in [0.3, 0.4) is 0 Å². The lowest BCUT2D eigenvalue weighted by molar-refractivity contribution is -0.136. The van der Waals surface area contributed by atoms with E-state index >= 15 is 0 Å². The second kappa shape index (κ2) is 5.84. The molecule has 0 aliphatic heterocycles. The van der Waals surface area contributed by atoms with E-state index in [1.807, 2.05) is 13.0 Å². The molecular formula is C13H14O4. The molecule has 0 spiro atoms. The molecule has 0 aromatic heterocycles. The van der Waals surface area contributed by atoms with Crippen LogP contribution in [0.25, 0.3) is 5.57 Å². The van der Waals surface area contributed by atoms with Crippen LogP contribution in [0, 0.1) is 6.92 Å². The fraction of sp³-hybridized carbons (Fsp3) is 0.231. The number of aryl methyl sites for hydroxylation is 1. The zero-order valence-electron chi connectivity index (χ0n) is 10.0. The van der Waals surface area contributed by atoms with E-state index in [2.05, 4.69) is 9.47 Å². The lowest BCUT2D eigenvalue weighted by atomic mass is 10.0. The molecular weight excluding hydrogens is 220 g/mol. The monoisotopic (exact) mass is 234 g/mol. The Balaban J connectivity index is 3.20. The van der Waals surface area contributed by atoms with E-state index in [4.69, 9.17) is 0 Å². The van der Waals surface area contributed by atoms with Gasteiger partial charge in [-0.3, -0.25) is 0 Å². The summed E-state index contributed by atoms with van der Waals surface area (Å²) in [6, 6.07) is 7.24. The molecule has 0 aliphatic carbocycles. The number of hydrogen-bond acceptors (Lipinski definition) is 4. The van der Waals surface area contributed by atoms with Gasteiger partial charge in [0, 0.05) is 6.08 Å². The van der Waals surface area contributed by atoms with E-state index in [9.17, 15) is 9.59 Å². The third-order valence-electron chi connectivity index (χ3n) is 2.20. The van der Waals surface area contributed by atoms with Crippen molar-refractivity contribution in [3.05, 3.63) is 41.5 Å². The van der Waals surface area contributed by atoms with Gasteiger partial charge in [-0.25, -0.2) is 9.59 Å². The first-order valence-corrected chi connectivity index (χ1v) is 5.03. The largest absolute Gasteiger partial charge is 0.466 e. The van der Waals surface area contributed by atoms with Gasteiger partial charge in [-0.15, -0.1) is 0 Å². The fourth-order valence-electron chi connectivity index (χ4n) is 1.36. The molecule has 1 aromatic rings. The van der Waals surface area contributed by atoms with Gasteiger partial charge < -0.3 is 9.47 Å². The molecule has 17 heavy (non-hydrogen) atoms. The molecule has 1 aromatic carbocycles. The average Bonchev–Trinajstić information content (AvgIpc) is 2.34. The SMILES string of the molecule is COC(=O)/C=C(\C(=O)OC)c1cccc(C)c1. The van der Waals surface area contributed by atoms with Gasteiger partial charge in [0.2, 0.25) is 0 Å². The highest BCUT2D eigenvalue weighted by Crippen LogP contribution is 2.17. The van der Waals surface area contributed by atoms with Gasteiger partial charge in [0.1, 0.15) is 0 Å². The molecule has 0 fully saturated rings. The maximum Gasteiger partial charge on any atom is 0.338 e. The molecule has 0 aliphatic rings. The first-order valence-electron chi connectivity index (χ1n) is 5.03. The summed E-state index contributed by atoms with van der Waals surface area (Å²) in [6.07, 6.45) is 1.13. The Morgan fingerprint density at radius 2 is 1.88 bits per heavy atom. The molecule has 0 radical (unpaired) electrons. The Labute approximate surface area is 99.8 Å². The zero-order chi connectivity index (χ0) is 12.8. The van der Waals surface area contributed by atoms with Crippen molar-refractivity contribution in [1.29, 1.82) is 0 Å². The van der Waals surface area contributed by atoms with Crippen LogP contribution in [0.4, 0.5) is 0 Å². The Kier molecular flexibility index (Phi) is 4.46. The van der Waals surface area contributed by atoms with E-state index in [-0.39, 0.29) is 5.57 Å². The minimum atomic E-state index is -0.591. The van der Waals surface area contributed by atoms with Crippen molar-refractivity contribution in [2.45, 2.75) is 6.92 Å². The highest BCUT2D eigenvalue weighted by atomic mass is 16.5. The van der Waals surface area contributed by atoms with Crippen molar-refractivity contribution >= 4 is 17.5 Å². The Bertz CT molecular complexity index is 460. The van der Waals surface area contributed by atoms with Gasteiger partial charge in [0.05, 0.1) is 19.8 Å². The third-order valence-corrected chi connectivity index (χ3v) is 2.20. The average molecular weight is 234 g/mol. The molecule has 0 amide bonds. The van der Waals surface area contributed by atoms with Crippen LogP contribution in [-0.2, 0) is 19.1 Å². The molecule has 0 unspecified atom stereocenters. The predicted molar refractivity (Wildman–Crippen MR) is 63.2 cm³/mol. The fourth-order valence-corrected chi connectivity index (χ4v) is 1.36. The third kappa shape index (κ3) is 3.45. The normalized spacial score (nSPS) is 10.9. The van der Waals surface area contributed by atoms with Crippen LogP contribution in [0.2, 0.25) is 0 Å². The van der Waals surface area contributed by atoms with E-state index in [0.29, 0.717) is 5.56 Å². The standard InChI is InChI=1S/C13H14O4/c1-9-5-4-6-10(7-9)11(13(15)17-3)8-12(14)16-2/h4-8H,1-3H3/b11-8-. The van der Waals surface area contributed by atoms with Gasteiger partial charge in [-0.1, -0.05) is 29.8 Å². The van der Waals surface area contributed by atoms with Crippen molar-refractivity contribution in [3.8, 4) is 0 Å². The summed E-state index contributed by atoms with van der Waals surface area (Å²) >= 11 is 0. The number of ether oxygens (including phenoxy) is 2. The minimum Gasteiger partial charge on any atom is -0.466 e. The molecule has 90 valence electrons. The number of benzene rings is 1. The van der Waals surface area contributed by atoms with Crippen LogP contribution in [0.5, 0.6) is 0 Å². The number of hydrogen-bond donors (Lipinski definition) is 0. The van der Waals surface area contributed by atoms with Gasteiger partial charge in [-0.05, 0) is 12.5 Å². The van der Waals surface area contributed by atoms with Crippen LogP contribution >= 0.6 is 0 Å². The van der Waals surface area contributed by atoms with Gasteiger partial charge in [0.25, 0.3) is 0 Å². The molecule has 1 rings (SSSR count). The summed E-state index contributed by atoms with van der Waals surface area (Å²) in [7, 11) is 2.52. The lowest BCUT2D eigenvalue weighted by Crippen LogP contribution is -2.07. The topological polar surface area (TPSA) is 52.6 Å². The van der Waals surface area contributed by atoms with Crippen molar-refractivity contribution in [2.75, 3.05) is 14.2 Å². The molecule has 4 nitrogen and oxygen atoms in total. The molecule has 0 saturated heterocycles. The van der Waals surface area contributed by atoms with E-state index in [1.54, 1.807) is 18.2 Å². The second-order valence-electron chi connectivity index (χ2n) is 3.44. The number of esters is 2. The summed E-state index contributed by atoms with van der Waals surface area (Å²) in [5, 5.41) is 0. The summed E-state index contributed by atoms with van der Waals surface area (Å²) in [5.41, 5.74) is 1.80. The zero-order valence-corrected chi connectivity index (χ0v) is 10.0. The Morgan fingerprint density at radius 3 is 2.41 bits per heavy atom. The van der Waals surface area contributed by atoms with Crippen molar-refractivity contribution in [3.63, 3.8) is 0 Å². The first kappa shape index (κ1) is 13.0. The van der Waals surface area contributed by atoms with Crippen LogP contribution in [0.15, 0.2) is 30.3 Å². The first-order chi connectivity index (χ1) is 8.08. The maximum atomic E-state index is 11.6. The predicted octanol–water partition coefficient (Wildman–Crippen LogP) is 1.72. The number of rotatable bonds is 3. The molecule has 0 N–H and O–H groups in total.